The van der Waals surface area contributed by atoms with Crippen molar-refractivity contribution in [3.8, 4) is 0 Å². The molecule has 1 fully saturated rings. The van der Waals surface area contributed by atoms with Crippen LogP contribution in [0.15, 0.2) is 29.6 Å². The molecule has 0 unspecified atom stereocenters. The average molecular weight is 309 g/mol. The van der Waals surface area contributed by atoms with Crippen molar-refractivity contribution in [2.75, 3.05) is 0 Å². The second kappa shape index (κ2) is 6.68. The Morgan fingerprint density at radius 1 is 1.35 bits per heavy atom. The van der Waals surface area contributed by atoms with Crippen molar-refractivity contribution in [1.29, 1.82) is 0 Å². The highest BCUT2D eigenvalue weighted by atomic mass is 35.5. The van der Waals surface area contributed by atoms with Crippen LogP contribution >= 0.6 is 22.9 Å². The Balaban J connectivity index is 1.43. The summed E-state index contributed by atoms with van der Waals surface area (Å²) in [5, 5.41) is 7.42. The lowest BCUT2D eigenvalue weighted by Gasteiger charge is -2.03. The highest BCUT2D eigenvalue weighted by molar-refractivity contribution is 7.09. The van der Waals surface area contributed by atoms with E-state index in [0.29, 0.717) is 13.2 Å². The first-order valence-corrected chi connectivity index (χ1v) is 8.04. The van der Waals surface area contributed by atoms with Gasteiger partial charge >= 0.3 is 0 Å². The molecule has 0 atom stereocenters. The van der Waals surface area contributed by atoms with E-state index >= 15 is 0 Å². The van der Waals surface area contributed by atoms with Gasteiger partial charge in [-0.15, -0.1) is 11.3 Å². The van der Waals surface area contributed by atoms with E-state index in [1.54, 1.807) is 11.3 Å². The normalized spacial score (nSPS) is 14.7. The third kappa shape index (κ3) is 4.28. The highest BCUT2D eigenvalue weighted by Gasteiger charge is 2.20. The second-order valence-electron chi connectivity index (χ2n) is 5.01. The molecule has 1 saturated carbocycles. The van der Waals surface area contributed by atoms with E-state index in [1.807, 2.05) is 24.3 Å². The Bertz CT molecular complexity index is 569. The first-order valence-electron chi connectivity index (χ1n) is 6.78. The zero-order valence-corrected chi connectivity index (χ0v) is 12.7. The van der Waals surface area contributed by atoms with Crippen LogP contribution in [0.4, 0.5) is 0 Å². The summed E-state index contributed by atoms with van der Waals surface area (Å²) in [7, 11) is 0. The molecule has 5 heteroatoms. The first-order chi connectivity index (χ1) is 9.79. The highest BCUT2D eigenvalue weighted by Crippen LogP contribution is 2.20. The maximum atomic E-state index is 5.94. The quantitative estimate of drug-likeness (QED) is 0.845. The lowest BCUT2D eigenvalue weighted by atomic mass is 10.2. The largest absolute Gasteiger partial charge is 0.370 e. The molecular weight excluding hydrogens is 292 g/mol. The minimum atomic E-state index is 0.548. The maximum absolute atomic E-state index is 5.94. The Kier molecular flexibility index (Phi) is 4.68. The van der Waals surface area contributed by atoms with E-state index in [0.717, 1.165) is 33.9 Å². The molecule has 1 aliphatic carbocycles. The van der Waals surface area contributed by atoms with E-state index in [-0.39, 0.29) is 0 Å². The van der Waals surface area contributed by atoms with Gasteiger partial charge < -0.3 is 10.1 Å². The number of nitrogens with one attached hydrogen (secondary N) is 1. The fourth-order valence-corrected chi connectivity index (χ4v) is 2.86. The minimum Gasteiger partial charge on any atom is -0.370 e. The molecule has 0 bridgehead atoms. The summed E-state index contributed by atoms with van der Waals surface area (Å²) < 4.78 is 5.68. The Hall–Kier alpha value is -0.940. The predicted octanol–water partition coefficient (Wildman–Crippen LogP) is 3.77. The number of nitrogens with zero attached hydrogens (tertiary/aromatic N) is 1. The monoisotopic (exact) mass is 308 g/mol. The molecule has 1 aromatic heterocycles. The van der Waals surface area contributed by atoms with E-state index in [1.165, 1.54) is 12.8 Å². The van der Waals surface area contributed by atoms with Crippen molar-refractivity contribution in [3.63, 3.8) is 0 Å². The number of aromatic nitrogens is 1. The van der Waals surface area contributed by atoms with Crippen molar-refractivity contribution in [2.24, 2.45) is 0 Å². The summed E-state index contributed by atoms with van der Waals surface area (Å²) in [6.45, 7) is 1.99. The maximum Gasteiger partial charge on any atom is 0.107 e. The van der Waals surface area contributed by atoms with Gasteiger partial charge in [0, 0.05) is 23.0 Å². The molecule has 0 amide bonds. The molecule has 20 heavy (non-hydrogen) atoms. The van der Waals surface area contributed by atoms with Gasteiger partial charge in [-0.2, -0.15) is 0 Å². The van der Waals surface area contributed by atoms with Crippen LogP contribution in [0.1, 0.15) is 29.1 Å². The standard InChI is InChI=1S/C15H17ClN2OS/c16-12-3-1-2-11(6-12)8-19-9-14-10-20-15(18-14)7-17-13-4-5-13/h1-3,6,10,13,17H,4-5,7-9H2. The van der Waals surface area contributed by atoms with Gasteiger partial charge in [0.05, 0.1) is 18.9 Å². The third-order valence-electron chi connectivity index (χ3n) is 3.13. The van der Waals surface area contributed by atoms with Crippen LogP contribution in [-0.4, -0.2) is 11.0 Å². The molecule has 1 aromatic carbocycles. The van der Waals surface area contributed by atoms with E-state index in [4.69, 9.17) is 16.3 Å². The molecule has 0 spiro atoms. The zero-order chi connectivity index (χ0) is 13.8. The average Bonchev–Trinajstić information content (AvgIpc) is 3.16. The Labute approximate surface area is 127 Å². The molecule has 2 aromatic rings. The van der Waals surface area contributed by atoms with Crippen molar-refractivity contribution in [3.05, 3.63) is 50.9 Å². The zero-order valence-electron chi connectivity index (χ0n) is 11.1. The third-order valence-corrected chi connectivity index (χ3v) is 4.26. The number of benzene rings is 1. The van der Waals surface area contributed by atoms with Gasteiger partial charge in [-0.1, -0.05) is 23.7 Å². The van der Waals surface area contributed by atoms with Crippen molar-refractivity contribution >= 4 is 22.9 Å². The van der Waals surface area contributed by atoms with Crippen LogP contribution in [0.2, 0.25) is 5.02 Å². The minimum absolute atomic E-state index is 0.548. The molecule has 0 radical (unpaired) electrons. The molecule has 106 valence electrons. The molecule has 0 aliphatic heterocycles. The summed E-state index contributed by atoms with van der Waals surface area (Å²) in [5.74, 6) is 0. The van der Waals surface area contributed by atoms with Crippen molar-refractivity contribution in [2.45, 2.75) is 38.6 Å². The van der Waals surface area contributed by atoms with Gasteiger partial charge in [0.2, 0.25) is 0 Å². The van der Waals surface area contributed by atoms with Crippen LogP contribution in [0.25, 0.3) is 0 Å². The molecule has 3 nitrogen and oxygen atoms in total. The first kappa shape index (κ1) is 14.0. The van der Waals surface area contributed by atoms with E-state index in [9.17, 15) is 0 Å². The molecular formula is C15H17ClN2OS. The fourth-order valence-electron chi connectivity index (χ4n) is 1.92. The van der Waals surface area contributed by atoms with Crippen LogP contribution in [0.5, 0.6) is 0 Å². The summed E-state index contributed by atoms with van der Waals surface area (Å²) >= 11 is 7.63. The second-order valence-corrected chi connectivity index (χ2v) is 6.39. The van der Waals surface area contributed by atoms with E-state index < -0.39 is 0 Å². The molecule has 1 heterocycles. The van der Waals surface area contributed by atoms with Gasteiger partial charge in [-0.25, -0.2) is 4.98 Å². The van der Waals surface area contributed by atoms with Crippen molar-refractivity contribution in [1.82, 2.24) is 10.3 Å². The Morgan fingerprint density at radius 3 is 3.05 bits per heavy atom. The van der Waals surface area contributed by atoms with Gasteiger partial charge in [0.15, 0.2) is 0 Å². The summed E-state index contributed by atoms with van der Waals surface area (Å²) in [6, 6.07) is 8.46. The molecule has 1 aliphatic rings. The number of rotatable bonds is 7. The van der Waals surface area contributed by atoms with Crippen LogP contribution < -0.4 is 5.32 Å². The predicted molar refractivity (Wildman–Crippen MR) is 81.9 cm³/mol. The number of ether oxygens (including phenoxy) is 1. The van der Waals surface area contributed by atoms with E-state index in [2.05, 4.69) is 15.7 Å². The molecule has 0 saturated heterocycles. The van der Waals surface area contributed by atoms with Crippen LogP contribution in [0, 0.1) is 0 Å². The van der Waals surface area contributed by atoms with Gasteiger partial charge in [0.1, 0.15) is 5.01 Å². The number of halogens is 1. The topological polar surface area (TPSA) is 34.1 Å². The SMILES string of the molecule is Clc1cccc(COCc2csc(CNC3CC3)n2)c1. The summed E-state index contributed by atoms with van der Waals surface area (Å²) in [6.07, 6.45) is 2.61. The number of hydrogen-bond donors (Lipinski definition) is 1. The fraction of sp³-hybridized carbons (Fsp3) is 0.400. The Morgan fingerprint density at radius 2 is 2.25 bits per heavy atom. The smallest absolute Gasteiger partial charge is 0.107 e. The van der Waals surface area contributed by atoms with Crippen LogP contribution in [0.3, 0.4) is 0 Å². The van der Waals surface area contributed by atoms with Gasteiger partial charge in [-0.05, 0) is 30.5 Å². The van der Waals surface area contributed by atoms with Gasteiger partial charge in [0.25, 0.3) is 0 Å². The van der Waals surface area contributed by atoms with Gasteiger partial charge in [-0.3, -0.25) is 0 Å². The number of thiazole rings is 1. The number of hydrogen-bond acceptors (Lipinski definition) is 4. The molecule has 1 N–H and O–H groups in total. The summed E-state index contributed by atoms with van der Waals surface area (Å²) in [4.78, 5) is 4.56. The summed E-state index contributed by atoms with van der Waals surface area (Å²) in [5.41, 5.74) is 2.09. The molecule has 3 rings (SSSR count). The van der Waals surface area contributed by atoms with Crippen LogP contribution in [-0.2, 0) is 24.5 Å². The van der Waals surface area contributed by atoms with Crippen molar-refractivity contribution < 1.29 is 4.74 Å². The lowest BCUT2D eigenvalue weighted by molar-refractivity contribution is 0.105. The lowest BCUT2D eigenvalue weighted by Crippen LogP contribution is -2.15.